The highest BCUT2D eigenvalue weighted by Gasteiger charge is 1.97. The molecule has 1 rings (SSSR count). The number of rotatable bonds is 3. The van der Waals surface area contributed by atoms with Crippen LogP contribution in [0.15, 0.2) is 28.2 Å². The van der Waals surface area contributed by atoms with Crippen LogP contribution in [0.5, 0.6) is 0 Å². The van der Waals surface area contributed by atoms with Crippen LogP contribution in [0.1, 0.15) is 25.4 Å². The third-order valence-electron chi connectivity index (χ3n) is 1.58. The zero-order chi connectivity index (χ0) is 8.97. The Bertz CT molecular complexity index is 267. The van der Waals surface area contributed by atoms with Crippen LogP contribution in [0.4, 0.5) is 0 Å². The van der Waals surface area contributed by atoms with E-state index < -0.39 is 0 Å². The fourth-order valence-corrected chi connectivity index (χ4v) is 0.922. The van der Waals surface area contributed by atoms with E-state index >= 15 is 0 Å². The summed E-state index contributed by atoms with van der Waals surface area (Å²) < 4.78 is 5.29. The average Bonchev–Trinajstić information content (AvgIpc) is 2.48. The summed E-state index contributed by atoms with van der Waals surface area (Å²) in [7, 11) is 0. The highest BCUT2D eigenvalue weighted by molar-refractivity contribution is 5.10. The minimum Gasteiger partial charge on any atom is -0.463 e. The fraction of sp³-hybridized carbons (Fsp3) is 0.400. The number of hydrogen-bond acceptors (Lipinski definition) is 2. The van der Waals surface area contributed by atoms with Crippen LogP contribution in [0, 0.1) is 0 Å². The summed E-state index contributed by atoms with van der Waals surface area (Å²) in [6, 6.07) is 3.69. The van der Waals surface area contributed by atoms with E-state index in [1.807, 2.05) is 6.07 Å². The molecule has 0 aliphatic rings. The molecule has 0 saturated heterocycles. The highest BCUT2D eigenvalue weighted by atomic mass is 16.4. The minimum absolute atomic E-state index is 0.0190. The standard InChI is InChI=1S/C10H14O2/c1-8(2)3-4-9-5-6-10(7-11)12-9/h3,5-6,11H,4,7H2,1-2H3. The normalized spacial score (nSPS) is 9.92. The van der Waals surface area contributed by atoms with Crippen molar-refractivity contribution in [1.29, 1.82) is 0 Å². The molecule has 0 saturated carbocycles. The van der Waals surface area contributed by atoms with Gasteiger partial charge in [0.05, 0.1) is 0 Å². The van der Waals surface area contributed by atoms with Crippen molar-refractivity contribution in [3.63, 3.8) is 0 Å². The Morgan fingerprint density at radius 3 is 2.58 bits per heavy atom. The van der Waals surface area contributed by atoms with E-state index in [2.05, 4.69) is 19.9 Å². The van der Waals surface area contributed by atoms with E-state index in [0.717, 1.165) is 12.2 Å². The first-order chi connectivity index (χ1) is 5.72. The second-order valence-electron chi connectivity index (χ2n) is 3.01. The molecule has 2 nitrogen and oxygen atoms in total. The quantitative estimate of drug-likeness (QED) is 0.699. The van der Waals surface area contributed by atoms with Gasteiger partial charge in [-0.2, -0.15) is 0 Å². The summed E-state index contributed by atoms with van der Waals surface area (Å²) in [6.45, 7) is 4.08. The van der Waals surface area contributed by atoms with Crippen LogP contribution in [-0.2, 0) is 13.0 Å². The summed E-state index contributed by atoms with van der Waals surface area (Å²) in [5.41, 5.74) is 1.27. The Hall–Kier alpha value is -1.02. The van der Waals surface area contributed by atoms with Crippen LogP contribution in [0.2, 0.25) is 0 Å². The van der Waals surface area contributed by atoms with Gasteiger partial charge >= 0.3 is 0 Å². The summed E-state index contributed by atoms with van der Waals surface area (Å²) in [4.78, 5) is 0. The summed E-state index contributed by atoms with van der Waals surface area (Å²) >= 11 is 0. The van der Waals surface area contributed by atoms with E-state index in [1.165, 1.54) is 5.57 Å². The summed E-state index contributed by atoms with van der Waals surface area (Å²) in [6.07, 6.45) is 2.91. The summed E-state index contributed by atoms with van der Waals surface area (Å²) in [5, 5.41) is 8.72. The first-order valence-corrected chi connectivity index (χ1v) is 4.04. The predicted molar refractivity (Wildman–Crippen MR) is 47.8 cm³/mol. The van der Waals surface area contributed by atoms with Crippen LogP contribution in [-0.4, -0.2) is 5.11 Å². The average molecular weight is 166 g/mol. The molecule has 1 heterocycles. The maximum absolute atomic E-state index is 8.72. The van der Waals surface area contributed by atoms with E-state index in [9.17, 15) is 0 Å². The molecule has 66 valence electrons. The Balaban J connectivity index is 2.58. The molecule has 12 heavy (non-hydrogen) atoms. The van der Waals surface area contributed by atoms with Gasteiger partial charge in [-0.3, -0.25) is 0 Å². The monoisotopic (exact) mass is 166 g/mol. The lowest BCUT2D eigenvalue weighted by molar-refractivity contribution is 0.244. The molecule has 0 radical (unpaired) electrons. The van der Waals surface area contributed by atoms with Crippen molar-refractivity contribution in [2.24, 2.45) is 0 Å². The molecule has 0 fully saturated rings. The second-order valence-corrected chi connectivity index (χ2v) is 3.01. The predicted octanol–water partition coefficient (Wildman–Crippen LogP) is 2.28. The smallest absolute Gasteiger partial charge is 0.129 e. The molecule has 0 spiro atoms. The van der Waals surface area contributed by atoms with E-state index in [-0.39, 0.29) is 6.61 Å². The van der Waals surface area contributed by atoms with Gasteiger partial charge in [0.25, 0.3) is 0 Å². The van der Waals surface area contributed by atoms with Gasteiger partial charge in [0.15, 0.2) is 0 Å². The molecule has 0 bridgehead atoms. The summed E-state index contributed by atoms with van der Waals surface area (Å²) in [5.74, 6) is 1.53. The third-order valence-corrected chi connectivity index (χ3v) is 1.58. The molecule has 1 aromatic heterocycles. The highest BCUT2D eigenvalue weighted by Crippen LogP contribution is 2.09. The maximum atomic E-state index is 8.72. The van der Waals surface area contributed by atoms with Gasteiger partial charge in [-0.1, -0.05) is 11.6 Å². The molecule has 2 heteroatoms. The van der Waals surface area contributed by atoms with E-state index in [0.29, 0.717) is 5.76 Å². The van der Waals surface area contributed by atoms with Crippen molar-refractivity contribution >= 4 is 0 Å². The molecular formula is C10H14O2. The number of allylic oxidation sites excluding steroid dienone is 2. The number of aliphatic hydroxyl groups is 1. The Labute approximate surface area is 72.5 Å². The van der Waals surface area contributed by atoms with Gasteiger partial charge in [0.1, 0.15) is 18.1 Å². The number of furan rings is 1. The first kappa shape index (κ1) is 9.07. The minimum atomic E-state index is -0.0190. The van der Waals surface area contributed by atoms with Crippen molar-refractivity contribution in [2.45, 2.75) is 26.9 Å². The van der Waals surface area contributed by atoms with Gasteiger partial charge in [0, 0.05) is 6.42 Å². The van der Waals surface area contributed by atoms with Crippen LogP contribution in [0.25, 0.3) is 0 Å². The van der Waals surface area contributed by atoms with Crippen LogP contribution >= 0.6 is 0 Å². The SMILES string of the molecule is CC(C)=CCc1ccc(CO)o1. The van der Waals surface area contributed by atoms with Crippen molar-refractivity contribution in [2.75, 3.05) is 0 Å². The lowest BCUT2D eigenvalue weighted by atomic mass is 10.2. The molecule has 1 N–H and O–H groups in total. The lowest BCUT2D eigenvalue weighted by Crippen LogP contribution is -1.78. The van der Waals surface area contributed by atoms with Crippen molar-refractivity contribution < 1.29 is 9.52 Å². The molecule has 0 aliphatic heterocycles. The molecular weight excluding hydrogens is 152 g/mol. The van der Waals surface area contributed by atoms with Crippen LogP contribution < -0.4 is 0 Å². The van der Waals surface area contributed by atoms with Gasteiger partial charge in [-0.15, -0.1) is 0 Å². The molecule has 0 atom stereocenters. The van der Waals surface area contributed by atoms with Crippen molar-refractivity contribution in [1.82, 2.24) is 0 Å². The van der Waals surface area contributed by atoms with Crippen molar-refractivity contribution in [3.8, 4) is 0 Å². The molecule has 0 amide bonds. The zero-order valence-corrected chi connectivity index (χ0v) is 7.50. The Kier molecular flexibility index (Phi) is 3.11. The largest absolute Gasteiger partial charge is 0.463 e. The van der Waals surface area contributed by atoms with E-state index in [1.54, 1.807) is 6.07 Å². The zero-order valence-electron chi connectivity index (χ0n) is 7.50. The Morgan fingerprint density at radius 2 is 2.08 bits per heavy atom. The maximum Gasteiger partial charge on any atom is 0.129 e. The second kappa shape index (κ2) is 4.12. The van der Waals surface area contributed by atoms with Crippen molar-refractivity contribution in [3.05, 3.63) is 35.3 Å². The Morgan fingerprint density at radius 1 is 1.42 bits per heavy atom. The fourth-order valence-electron chi connectivity index (χ4n) is 0.922. The molecule has 1 aromatic rings. The van der Waals surface area contributed by atoms with Gasteiger partial charge in [-0.25, -0.2) is 0 Å². The van der Waals surface area contributed by atoms with E-state index in [4.69, 9.17) is 9.52 Å². The third kappa shape index (κ3) is 2.55. The van der Waals surface area contributed by atoms with Gasteiger partial charge < -0.3 is 9.52 Å². The molecule has 0 aliphatic carbocycles. The first-order valence-electron chi connectivity index (χ1n) is 4.04. The number of aliphatic hydroxyl groups excluding tert-OH is 1. The molecule has 0 aromatic carbocycles. The van der Waals surface area contributed by atoms with Gasteiger partial charge in [-0.05, 0) is 26.0 Å². The topological polar surface area (TPSA) is 33.4 Å². The van der Waals surface area contributed by atoms with Gasteiger partial charge in [0.2, 0.25) is 0 Å². The lowest BCUT2D eigenvalue weighted by Gasteiger charge is -1.91. The number of hydrogen-bond donors (Lipinski definition) is 1. The molecule has 0 unspecified atom stereocenters. The van der Waals surface area contributed by atoms with Crippen LogP contribution in [0.3, 0.4) is 0 Å².